The lowest BCUT2D eigenvalue weighted by atomic mass is 10.0. The first-order chi connectivity index (χ1) is 20.3. The summed E-state index contributed by atoms with van der Waals surface area (Å²) in [4.78, 5) is 11.5. The van der Waals surface area contributed by atoms with Crippen LogP contribution in [0.15, 0.2) is 98.9 Å². The maximum Gasteiger partial charge on any atom is 0.295 e. The number of carbonyl (C=O) groups is 1. The second-order valence-electron chi connectivity index (χ2n) is 9.53. The molecule has 0 aliphatic heterocycles. The first-order valence-corrected chi connectivity index (χ1v) is 15.4. The van der Waals surface area contributed by atoms with E-state index in [0.29, 0.717) is 22.2 Å². The Morgan fingerprint density at radius 1 is 0.791 bits per heavy atom. The highest BCUT2D eigenvalue weighted by Gasteiger charge is 2.23. The van der Waals surface area contributed by atoms with Crippen LogP contribution in [0.25, 0.3) is 21.5 Å². The Balaban J connectivity index is 1.67. The topological polar surface area (TPSA) is 195 Å². The predicted octanol–water partition coefficient (Wildman–Crippen LogP) is 6.21. The number of nitrogens with one attached hydrogen (secondary N) is 2. The van der Waals surface area contributed by atoms with Crippen molar-refractivity contribution >= 4 is 70.4 Å². The number of nitrogens with zero attached hydrogens (tertiary/aromatic N) is 2. The average molecular weight is 621 g/mol. The maximum absolute atomic E-state index is 12.8. The summed E-state index contributed by atoms with van der Waals surface area (Å²) in [5, 5.41) is 25.3. The van der Waals surface area contributed by atoms with E-state index in [-0.39, 0.29) is 39.0 Å². The molecule has 0 radical (unpaired) electrons. The fraction of sp³-hybridized carbons (Fsp3) is 0.0690. The highest BCUT2D eigenvalue weighted by Crippen LogP contribution is 2.43. The minimum atomic E-state index is -4.90. The number of phenols is 1. The Labute approximate surface area is 246 Å². The fourth-order valence-corrected chi connectivity index (χ4v) is 6.13. The van der Waals surface area contributed by atoms with E-state index in [9.17, 15) is 35.8 Å². The molecule has 14 heteroatoms. The minimum Gasteiger partial charge on any atom is -0.505 e. The molecule has 0 saturated heterocycles. The molecule has 5 aromatic carbocycles. The second-order valence-corrected chi connectivity index (χ2v) is 12.3. The van der Waals surface area contributed by atoms with Gasteiger partial charge in [0.15, 0.2) is 5.75 Å². The predicted molar refractivity (Wildman–Crippen MR) is 162 cm³/mol. The zero-order valence-corrected chi connectivity index (χ0v) is 24.2. The number of hydrogen-bond donors (Lipinski definition) is 5. The molecule has 0 saturated carbocycles. The van der Waals surface area contributed by atoms with E-state index in [1.165, 1.54) is 19.2 Å². The number of carbonyl (C=O) groups excluding carboxylic acids is 1. The number of fused-ring (bicyclic) bond motifs is 2. The van der Waals surface area contributed by atoms with Crippen molar-refractivity contribution < 1.29 is 35.8 Å². The molecule has 5 aromatic rings. The molecule has 0 bridgehead atoms. The van der Waals surface area contributed by atoms with Crippen molar-refractivity contribution in [3.8, 4) is 5.75 Å². The molecule has 0 atom stereocenters. The third-order valence-corrected chi connectivity index (χ3v) is 8.46. The van der Waals surface area contributed by atoms with E-state index in [4.69, 9.17) is 0 Å². The van der Waals surface area contributed by atoms with Crippen molar-refractivity contribution in [1.82, 2.24) is 0 Å². The molecule has 43 heavy (non-hydrogen) atoms. The summed E-state index contributed by atoms with van der Waals surface area (Å²) in [6.07, 6.45) is 0. The number of benzene rings is 5. The molecule has 0 aliphatic rings. The summed E-state index contributed by atoms with van der Waals surface area (Å²) in [7, 11) is -8.29. The Kier molecular flexibility index (Phi) is 7.62. The van der Waals surface area contributed by atoms with Gasteiger partial charge < -0.3 is 15.7 Å². The van der Waals surface area contributed by atoms with Crippen LogP contribution in [0.4, 0.5) is 22.7 Å². The highest BCUT2D eigenvalue weighted by atomic mass is 32.2. The molecule has 0 fully saturated rings. The highest BCUT2D eigenvalue weighted by molar-refractivity contribution is 7.86. The van der Waals surface area contributed by atoms with Crippen molar-refractivity contribution in [2.75, 3.05) is 17.7 Å². The normalized spacial score (nSPS) is 12.2. The van der Waals surface area contributed by atoms with Crippen LogP contribution in [-0.2, 0) is 20.2 Å². The molecule has 220 valence electrons. The number of anilines is 2. The quantitative estimate of drug-likeness (QED) is 0.104. The second kappa shape index (κ2) is 11.1. The lowest BCUT2D eigenvalue weighted by Crippen LogP contribution is -2.11. The van der Waals surface area contributed by atoms with Crippen LogP contribution in [0, 0.1) is 6.92 Å². The zero-order chi connectivity index (χ0) is 31.1. The molecule has 1 amide bonds. The number of aryl methyl sites for hydroxylation is 1. The number of azo groups is 1. The van der Waals surface area contributed by atoms with Crippen LogP contribution in [0.3, 0.4) is 0 Å². The number of amides is 1. The van der Waals surface area contributed by atoms with Gasteiger partial charge in [0.25, 0.3) is 26.1 Å². The smallest absolute Gasteiger partial charge is 0.295 e. The van der Waals surface area contributed by atoms with Gasteiger partial charge in [-0.3, -0.25) is 13.9 Å². The average Bonchev–Trinajstić information content (AvgIpc) is 2.95. The van der Waals surface area contributed by atoms with Gasteiger partial charge in [-0.25, -0.2) is 0 Å². The Morgan fingerprint density at radius 3 is 2.09 bits per heavy atom. The first-order valence-electron chi connectivity index (χ1n) is 12.6. The van der Waals surface area contributed by atoms with E-state index >= 15 is 0 Å². The van der Waals surface area contributed by atoms with Gasteiger partial charge in [-0.2, -0.15) is 21.9 Å². The molecule has 5 N–H and O–H groups in total. The Hall–Kier alpha value is -4.89. The standard InChI is InChI=1S/C29H24N4O8S2/c1-16-11-18-9-6-10-23(31-29(35)17-7-4-3-5-8-17)26(18)28(34)27(16)33-32-20-13-22-21(25(15-20)43(39,40)41)12-19(30-2)14-24(22)42(36,37)38/h3-15,30,34H,1-2H3,(H,31,35)(H,36,37,38)(H,39,40,41). The molecular formula is C29H24N4O8S2. The fourth-order valence-electron chi connectivity index (χ4n) is 4.69. The Bertz CT molecular complexity index is 2180. The van der Waals surface area contributed by atoms with Crippen LogP contribution in [0.2, 0.25) is 0 Å². The largest absolute Gasteiger partial charge is 0.505 e. The van der Waals surface area contributed by atoms with Crippen LogP contribution >= 0.6 is 0 Å². The van der Waals surface area contributed by atoms with Gasteiger partial charge in [0.05, 0.1) is 11.4 Å². The SMILES string of the molecule is CNc1cc(S(=O)(=O)O)c2cc(N=Nc3c(C)cc4cccc(NC(=O)c5ccccc5)c4c3O)cc(S(=O)(=O)O)c2c1. The monoisotopic (exact) mass is 620 g/mol. The number of hydrogen-bond acceptors (Lipinski definition) is 9. The van der Waals surface area contributed by atoms with Gasteiger partial charge in [-0.15, -0.1) is 5.11 Å². The van der Waals surface area contributed by atoms with Crippen molar-refractivity contribution in [2.45, 2.75) is 16.7 Å². The summed E-state index contributed by atoms with van der Waals surface area (Å²) < 4.78 is 68.7. The van der Waals surface area contributed by atoms with Crippen molar-refractivity contribution in [3.05, 3.63) is 90.0 Å². The van der Waals surface area contributed by atoms with Gasteiger partial charge in [-0.05, 0) is 66.4 Å². The molecule has 0 aliphatic carbocycles. The summed E-state index contributed by atoms with van der Waals surface area (Å²) >= 11 is 0. The molecule has 0 heterocycles. The lowest BCUT2D eigenvalue weighted by Gasteiger charge is -2.13. The van der Waals surface area contributed by atoms with Crippen LogP contribution in [-0.4, -0.2) is 44.0 Å². The molecule has 12 nitrogen and oxygen atoms in total. The van der Waals surface area contributed by atoms with Gasteiger partial charge in [0, 0.05) is 34.5 Å². The van der Waals surface area contributed by atoms with Gasteiger partial charge in [0.1, 0.15) is 15.5 Å². The third kappa shape index (κ3) is 5.89. The maximum atomic E-state index is 12.8. The summed E-state index contributed by atoms with van der Waals surface area (Å²) in [5.41, 5.74) is 1.13. The molecule has 0 unspecified atom stereocenters. The van der Waals surface area contributed by atoms with Crippen molar-refractivity contribution in [2.24, 2.45) is 10.2 Å². The Morgan fingerprint density at radius 2 is 1.44 bits per heavy atom. The van der Waals surface area contributed by atoms with Gasteiger partial charge in [0.2, 0.25) is 0 Å². The third-order valence-electron chi connectivity index (χ3n) is 6.68. The van der Waals surface area contributed by atoms with Gasteiger partial charge >= 0.3 is 0 Å². The first kappa shape index (κ1) is 29.6. The summed E-state index contributed by atoms with van der Waals surface area (Å²) in [6, 6.07) is 19.8. The van der Waals surface area contributed by atoms with E-state index in [0.717, 1.165) is 12.1 Å². The van der Waals surface area contributed by atoms with Gasteiger partial charge in [-0.1, -0.05) is 30.3 Å². The molecular weight excluding hydrogens is 596 g/mol. The zero-order valence-electron chi connectivity index (χ0n) is 22.6. The van der Waals surface area contributed by atoms with Crippen LogP contribution in [0.1, 0.15) is 15.9 Å². The van der Waals surface area contributed by atoms with Crippen molar-refractivity contribution in [3.63, 3.8) is 0 Å². The van der Waals surface area contributed by atoms with Crippen LogP contribution < -0.4 is 10.6 Å². The number of rotatable bonds is 7. The van der Waals surface area contributed by atoms with E-state index in [1.54, 1.807) is 61.5 Å². The summed E-state index contributed by atoms with van der Waals surface area (Å²) in [5.74, 6) is -0.725. The van der Waals surface area contributed by atoms with Crippen molar-refractivity contribution in [1.29, 1.82) is 0 Å². The molecule has 0 spiro atoms. The van der Waals surface area contributed by atoms with Crippen LogP contribution in [0.5, 0.6) is 5.75 Å². The number of aromatic hydroxyl groups is 1. The number of phenolic OH excluding ortho intramolecular Hbond substituents is 1. The molecule has 5 rings (SSSR count). The summed E-state index contributed by atoms with van der Waals surface area (Å²) in [6.45, 7) is 1.66. The van der Waals surface area contributed by atoms with E-state index < -0.39 is 35.9 Å². The molecule has 0 aromatic heterocycles. The minimum absolute atomic E-state index is 0.0112. The lowest BCUT2D eigenvalue weighted by molar-refractivity contribution is 0.102. The van der Waals surface area contributed by atoms with E-state index in [1.807, 2.05) is 0 Å². The van der Waals surface area contributed by atoms with E-state index in [2.05, 4.69) is 20.9 Å².